The molecule has 0 fully saturated rings. The standard InChI is InChI=1S/C24H20ClN3O5/c1-32-20-11-7-17(8-12-20)23(30)26-15-22(29)28-27-14-16-5-9-21(10-6-16)33-24(31)18-3-2-4-19(25)13-18/h2-14H,15H2,1H3,(H,26,30)(H,28,29). The SMILES string of the molecule is COc1ccc(C(=O)NCC(=O)NN=Cc2ccc(OC(=O)c3cccc(Cl)c3)cc2)cc1. The van der Waals surface area contributed by atoms with E-state index in [4.69, 9.17) is 21.1 Å². The number of ether oxygens (including phenoxy) is 2. The minimum atomic E-state index is -0.525. The second kappa shape index (κ2) is 11.4. The summed E-state index contributed by atoms with van der Waals surface area (Å²) < 4.78 is 10.3. The average molecular weight is 466 g/mol. The average Bonchev–Trinajstić information content (AvgIpc) is 2.83. The Morgan fingerprint density at radius 1 is 0.939 bits per heavy atom. The number of amides is 2. The number of benzene rings is 3. The Bertz CT molecular complexity index is 1160. The molecule has 0 atom stereocenters. The van der Waals surface area contributed by atoms with Gasteiger partial charge in [0, 0.05) is 10.6 Å². The molecule has 0 saturated carbocycles. The van der Waals surface area contributed by atoms with Crippen LogP contribution >= 0.6 is 11.6 Å². The summed E-state index contributed by atoms with van der Waals surface area (Å²) in [6.45, 7) is -0.236. The molecule has 0 unspecified atom stereocenters. The Labute approximate surface area is 195 Å². The van der Waals surface area contributed by atoms with Crippen molar-refractivity contribution in [1.29, 1.82) is 0 Å². The van der Waals surface area contributed by atoms with Crippen LogP contribution in [0.3, 0.4) is 0 Å². The van der Waals surface area contributed by atoms with Gasteiger partial charge in [-0.2, -0.15) is 5.10 Å². The van der Waals surface area contributed by atoms with Crippen LogP contribution in [0, 0.1) is 0 Å². The minimum Gasteiger partial charge on any atom is -0.497 e. The molecule has 0 aliphatic carbocycles. The largest absolute Gasteiger partial charge is 0.497 e. The van der Waals surface area contributed by atoms with E-state index in [1.165, 1.54) is 19.4 Å². The predicted octanol–water partition coefficient (Wildman–Crippen LogP) is 3.45. The van der Waals surface area contributed by atoms with Gasteiger partial charge in [-0.1, -0.05) is 17.7 Å². The smallest absolute Gasteiger partial charge is 0.343 e. The highest BCUT2D eigenvalue weighted by Gasteiger charge is 2.09. The van der Waals surface area contributed by atoms with Crippen molar-refractivity contribution < 1.29 is 23.9 Å². The van der Waals surface area contributed by atoms with Crippen LogP contribution in [0.15, 0.2) is 77.9 Å². The van der Waals surface area contributed by atoms with Crippen LogP contribution in [0.5, 0.6) is 11.5 Å². The molecule has 0 saturated heterocycles. The van der Waals surface area contributed by atoms with Gasteiger partial charge in [0.25, 0.3) is 11.8 Å². The summed E-state index contributed by atoms with van der Waals surface area (Å²) in [6, 6.07) is 19.5. The summed E-state index contributed by atoms with van der Waals surface area (Å²) in [5.74, 6) is -0.420. The molecule has 0 aliphatic rings. The number of hydrazone groups is 1. The molecule has 0 aromatic heterocycles. The van der Waals surface area contributed by atoms with Crippen molar-refractivity contribution in [3.8, 4) is 11.5 Å². The van der Waals surface area contributed by atoms with E-state index in [-0.39, 0.29) is 12.5 Å². The van der Waals surface area contributed by atoms with Crippen molar-refractivity contribution in [2.45, 2.75) is 0 Å². The van der Waals surface area contributed by atoms with Crippen molar-refractivity contribution in [3.05, 3.63) is 94.5 Å². The first-order valence-electron chi connectivity index (χ1n) is 9.76. The van der Waals surface area contributed by atoms with Crippen LogP contribution in [0.25, 0.3) is 0 Å². The monoisotopic (exact) mass is 465 g/mol. The first kappa shape index (κ1) is 23.5. The fourth-order valence-electron chi connectivity index (χ4n) is 2.63. The number of halogens is 1. The van der Waals surface area contributed by atoms with Crippen molar-refractivity contribution >= 4 is 35.6 Å². The summed E-state index contributed by atoms with van der Waals surface area (Å²) in [5.41, 5.74) is 3.74. The lowest BCUT2D eigenvalue weighted by molar-refractivity contribution is -0.120. The van der Waals surface area contributed by atoms with Gasteiger partial charge in [-0.15, -0.1) is 0 Å². The molecule has 9 heteroatoms. The van der Waals surface area contributed by atoms with Gasteiger partial charge in [0.15, 0.2) is 0 Å². The number of esters is 1. The Hall–Kier alpha value is -4.17. The molecule has 33 heavy (non-hydrogen) atoms. The van der Waals surface area contributed by atoms with E-state index in [0.717, 1.165) is 0 Å². The fraction of sp³-hybridized carbons (Fsp3) is 0.0833. The maximum absolute atomic E-state index is 12.1. The number of hydrogen-bond acceptors (Lipinski definition) is 6. The summed E-state index contributed by atoms with van der Waals surface area (Å²) >= 11 is 5.88. The highest BCUT2D eigenvalue weighted by molar-refractivity contribution is 6.30. The number of carbonyl (C=O) groups excluding carboxylic acids is 3. The van der Waals surface area contributed by atoms with Gasteiger partial charge in [0.2, 0.25) is 0 Å². The summed E-state index contributed by atoms with van der Waals surface area (Å²) in [6.07, 6.45) is 1.42. The van der Waals surface area contributed by atoms with Crippen molar-refractivity contribution in [1.82, 2.24) is 10.7 Å². The van der Waals surface area contributed by atoms with Gasteiger partial charge < -0.3 is 14.8 Å². The first-order chi connectivity index (χ1) is 15.9. The molecule has 0 heterocycles. The Kier molecular flexibility index (Phi) is 8.15. The van der Waals surface area contributed by atoms with E-state index in [0.29, 0.717) is 33.2 Å². The highest BCUT2D eigenvalue weighted by atomic mass is 35.5. The van der Waals surface area contributed by atoms with Crippen molar-refractivity contribution in [3.63, 3.8) is 0 Å². The Morgan fingerprint density at radius 2 is 1.64 bits per heavy atom. The number of carbonyl (C=O) groups is 3. The van der Waals surface area contributed by atoms with Crippen LogP contribution in [0.2, 0.25) is 5.02 Å². The predicted molar refractivity (Wildman–Crippen MR) is 124 cm³/mol. The summed E-state index contributed by atoms with van der Waals surface area (Å²) in [5, 5.41) is 6.80. The topological polar surface area (TPSA) is 106 Å². The molecule has 3 aromatic rings. The Balaban J connectivity index is 1.44. The van der Waals surface area contributed by atoms with E-state index < -0.39 is 11.9 Å². The molecule has 0 radical (unpaired) electrons. The van der Waals surface area contributed by atoms with Crippen LogP contribution in [0.4, 0.5) is 0 Å². The van der Waals surface area contributed by atoms with Crippen molar-refractivity contribution in [2.24, 2.45) is 5.10 Å². The lowest BCUT2D eigenvalue weighted by Gasteiger charge is -2.06. The van der Waals surface area contributed by atoms with Gasteiger partial charge in [-0.3, -0.25) is 9.59 Å². The van der Waals surface area contributed by atoms with Crippen LogP contribution in [0.1, 0.15) is 26.3 Å². The molecular formula is C24H20ClN3O5. The van der Waals surface area contributed by atoms with Gasteiger partial charge >= 0.3 is 5.97 Å². The number of rotatable bonds is 8. The zero-order valence-corrected chi connectivity index (χ0v) is 18.3. The van der Waals surface area contributed by atoms with Crippen LogP contribution in [-0.4, -0.2) is 37.7 Å². The summed E-state index contributed by atoms with van der Waals surface area (Å²) in [7, 11) is 1.53. The molecule has 0 spiro atoms. The molecule has 3 rings (SSSR count). The molecule has 0 aliphatic heterocycles. The van der Waals surface area contributed by atoms with E-state index in [1.807, 2.05) is 0 Å². The molecular weight excluding hydrogens is 446 g/mol. The van der Waals surface area contributed by atoms with E-state index in [1.54, 1.807) is 66.7 Å². The highest BCUT2D eigenvalue weighted by Crippen LogP contribution is 2.16. The molecule has 2 amide bonds. The zero-order chi connectivity index (χ0) is 23.6. The number of nitrogens with zero attached hydrogens (tertiary/aromatic N) is 1. The van der Waals surface area contributed by atoms with E-state index in [9.17, 15) is 14.4 Å². The molecule has 3 aromatic carbocycles. The van der Waals surface area contributed by atoms with E-state index >= 15 is 0 Å². The third-order valence-electron chi connectivity index (χ3n) is 4.32. The molecule has 2 N–H and O–H groups in total. The number of hydrogen-bond donors (Lipinski definition) is 2. The maximum Gasteiger partial charge on any atom is 0.343 e. The van der Waals surface area contributed by atoms with Gasteiger partial charge in [0.1, 0.15) is 11.5 Å². The van der Waals surface area contributed by atoms with Crippen LogP contribution < -0.4 is 20.2 Å². The lowest BCUT2D eigenvalue weighted by Crippen LogP contribution is -2.34. The molecule has 8 nitrogen and oxygen atoms in total. The lowest BCUT2D eigenvalue weighted by atomic mass is 10.2. The van der Waals surface area contributed by atoms with E-state index in [2.05, 4.69) is 15.8 Å². The number of nitrogens with one attached hydrogen (secondary N) is 2. The summed E-state index contributed by atoms with van der Waals surface area (Å²) in [4.78, 5) is 36.1. The van der Waals surface area contributed by atoms with Gasteiger partial charge in [-0.25, -0.2) is 10.2 Å². The second-order valence-corrected chi connectivity index (χ2v) is 7.11. The third kappa shape index (κ3) is 7.19. The van der Waals surface area contributed by atoms with Gasteiger partial charge in [0.05, 0.1) is 25.4 Å². The fourth-order valence-corrected chi connectivity index (χ4v) is 2.82. The molecule has 168 valence electrons. The van der Waals surface area contributed by atoms with Crippen LogP contribution in [-0.2, 0) is 4.79 Å². The second-order valence-electron chi connectivity index (χ2n) is 6.67. The normalized spacial score (nSPS) is 10.5. The van der Waals surface area contributed by atoms with Crippen molar-refractivity contribution in [2.75, 3.05) is 13.7 Å². The first-order valence-corrected chi connectivity index (χ1v) is 10.1. The zero-order valence-electron chi connectivity index (χ0n) is 17.6. The molecule has 0 bridgehead atoms. The minimum absolute atomic E-state index is 0.236. The number of methoxy groups -OCH3 is 1. The third-order valence-corrected chi connectivity index (χ3v) is 4.55. The maximum atomic E-state index is 12.1. The van der Waals surface area contributed by atoms with Gasteiger partial charge in [-0.05, 0) is 72.3 Å². The quantitative estimate of drug-likeness (QED) is 0.229. The Morgan fingerprint density at radius 3 is 2.30 bits per heavy atom.